The van der Waals surface area contributed by atoms with E-state index in [1.54, 1.807) is 25.1 Å². The monoisotopic (exact) mass is 331 g/mol. The van der Waals surface area contributed by atoms with E-state index in [1.807, 2.05) is 6.07 Å². The van der Waals surface area contributed by atoms with Gasteiger partial charge in [-0.1, -0.05) is 11.6 Å². The molecular formula is C12H14ClN3O2S2. The van der Waals surface area contributed by atoms with Gasteiger partial charge >= 0.3 is 0 Å². The Labute approximate surface area is 126 Å². The Kier molecular flexibility index (Phi) is 4.66. The molecule has 0 saturated carbocycles. The lowest BCUT2D eigenvalue weighted by atomic mass is 10.3. The van der Waals surface area contributed by atoms with E-state index in [4.69, 9.17) is 17.4 Å². The van der Waals surface area contributed by atoms with Gasteiger partial charge in [-0.2, -0.15) is 0 Å². The minimum Gasteiger partial charge on any atom is -0.324 e. The zero-order valence-electron chi connectivity index (χ0n) is 10.6. The van der Waals surface area contributed by atoms with Crippen molar-refractivity contribution in [3.8, 4) is 0 Å². The molecule has 8 heteroatoms. The maximum atomic E-state index is 12.2. The van der Waals surface area contributed by atoms with E-state index in [-0.39, 0.29) is 10.9 Å². The van der Waals surface area contributed by atoms with Gasteiger partial charge in [0.1, 0.15) is 0 Å². The molecule has 1 heterocycles. The lowest BCUT2D eigenvalue weighted by molar-refractivity contribution is 0.568. The molecule has 2 aromatic rings. The number of hydrogen-bond donors (Lipinski definition) is 3. The van der Waals surface area contributed by atoms with Crippen molar-refractivity contribution in [1.29, 1.82) is 0 Å². The summed E-state index contributed by atoms with van der Waals surface area (Å²) in [4.78, 5) is 1.05. The predicted octanol–water partition coefficient (Wildman–Crippen LogP) is 2.73. The SMILES string of the molecule is CC(NS(=O)(=O)c1ccc(NN)cc1)c1ccc(Cl)s1. The molecule has 2 rings (SSSR count). The van der Waals surface area contributed by atoms with Gasteiger partial charge in [0.25, 0.3) is 0 Å². The molecule has 0 aliphatic heterocycles. The fourth-order valence-electron chi connectivity index (χ4n) is 1.65. The van der Waals surface area contributed by atoms with Crippen molar-refractivity contribution in [2.45, 2.75) is 17.9 Å². The third kappa shape index (κ3) is 3.50. The van der Waals surface area contributed by atoms with Crippen LogP contribution >= 0.6 is 22.9 Å². The van der Waals surface area contributed by atoms with Gasteiger partial charge in [-0.3, -0.25) is 5.84 Å². The number of hydrazine groups is 1. The summed E-state index contributed by atoms with van der Waals surface area (Å²) >= 11 is 7.20. The molecule has 108 valence electrons. The largest absolute Gasteiger partial charge is 0.324 e. The van der Waals surface area contributed by atoms with Crippen molar-refractivity contribution in [3.05, 3.63) is 45.6 Å². The summed E-state index contributed by atoms with van der Waals surface area (Å²) in [5.74, 6) is 5.24. The number of halogens is 1. The van der Waals surface area contributed by atoms with Gasteiger partial charge in [0.05, 0.1) is 15.3 Å². The number of nitrogens with two attached hydrogens (primary N) is 1. The Morgan fingerprint density at radius 1 is 1.20 bits per heavy atom. The minimum absolute atomic E-state index is 0.186. The fraction of sp³-hybridized carbons (Fsp3) is 0.167. The van der Waals surface area contributed by atoms with Crippen molar-refractivity contribution in [3.63, 3.8) is 0 Å². The minimum atomic E-state index is -3.58. The van der Waals surface area contributed by atoms with E-state index in [0.717, 1.165) is 4.88 Å². The van der Waals surface area contributed by atoms with Crippen LogP contribution in [0.25, 0.3) is 0 Å². The highest BCUT2D eigenvalue weighted by atomic mass is 35.5. The third-order valence-corrected chi connectivity index (χ3v) is 5.65. The van der Waals surface area contributed by atoms with Crippen LogP contribution in [0, 0.1) is 0 Å². The number of nitrogen functional groups attached to an aromatic ring is 1. The van der Waals surface area contributed by atoms with Crippen molar-refractivity contribution in [1.82, 2.24) is 4.72 Å². The van der Waals surface area contributed by atoms with Gasteiger partial charge in [-0.05, 0) is 43.3 Å². The number of sulfonamides is 1. The van der Waals surface area contributed by atoms with Crippen LogP contribution in [0.3, 0.4) is 0 Å². The first-order valence-electron chi connectivity index (χ1n) is 5.76. The van der Waals surface area contributed by atoms with Crippen molar-refractivity contribution < 1.29 is 8.42 Å². The Morgan fingerprint density at radius 2 is 1.85 bits per heavy atom. The molecule has 0 spiro atoms. The topological polar surface area (TPSA) is 84.2 Å². The second-order valence-electron chi connectivity index (χ2n) is 4.15. The zero-order valence-corrected chi connectivity index (χ0v) is 13.0. The number of anilines is 1. The van der Waals surface area contributed by atoms with Crippen LogP contribution in [0.15, 0.2) is 41.3 Å². The lowest BCUT2D eigenvalue weighted by Crippen LogP contribution is -2.26. The van der Waals surface area contributed by atoms with E-state index in [0.29, 0.717) is 10.0 Å². The summed E-state index contributed by atoms with van der Waals surface area (Å²) in [5.41, 5.74) is 3.09. The lowest BCUT2D eigenvalue weighted by Gasteiger charge is -2.13. The van der Waals surface area contributed by atoms with E-state index in [2.05, 4.69) is 10.1 Å². The first-order chi connectivity index (χ1) is 9.42. The summed E-state index contributed by atoms with van der Waals surface area (Å²) < 4.78 is 27.7. The molecule has 0 fully saturated rings. The predicted molar refractivity (Wildman–Crippen MR) is 82.3 cm³/mol. The summed E-state index contributed by atoms with van der Waals surface area (Å²) in [6.07, 6.45) is 0. The van der Waals surface area contributed by atoms with Crippen LogP contribution in [0.1, 0.15) is 17.8 Å². The zero-order chi connectivity index (χ0) is 14.8. The summed E-state index contributed by atoms with van der Waals surface area (Å²) in [5, 5.41) is 0. The molecular weight excluding hydrogens is 318 g/mol. The molecule has 1 aromatic carbocycles. The summed E-state index contributed by atoms with van der Waals surface area (Å²) in [7, 11) is -3.58. The molecule has 0 aliphatic rings. The Hall–Kier alpha value is -1.12. The molecule has 1 atom stereocenters. The maximum absolute atomic E-state index is 12.2. The van der Waals surface area contributed by atoms with Gasteiger partial charge in [0.2, 0.25) is 10.0 Å². The normalized spacial score (nSPS) is 13.2. The van der Waals surface area contributed by atoms with Crippen LogP contribution in [0.4, 0.5) is 5.69 Å². The molecule has 0 bridgehead atoms. The summed E-state index contributed by atoms with van der Waals surface area (Å²) in [6, 6.07) is 9.39. The van der Waals surface area contributed by atoms with Gasteiger partial charge in [-0.15, -0.1) is 11.3 Å². The maximum Gasteiger partial charge on any atom is 0.241 e. The van der Waals surface area contributed by atoms with E-state index >= 15 is 0 Å². The third-order valence-electron chi connectivity index (χ3n) is 2.68. The highest BCUT2D eigenvalue weighted by Crippen LogP contribution is 2.27. The van der Waals surface area contributed by atoms with E-state index in [1.165, 1.54) is 23.5 Å². The van der Waals surface area contributed by atoms with Crippen LogP contribution in [0.5, 0.6) is 0 Å². The van der Waals surface area contributed by atoms with Gasteiger partial charge in [-0.25, -0.2) is 13.1 Å². The van der Waals surface area contributed by atoms with Gasteiger partial charge in [0.15, 0.2) is 0 Å². The molecule has 0 amide bonds. The highest BCUT2D eigenvalue weighted by molar-refractivity contribution is 7.89. The number of nitrogens with one attached hydrogen (secondary N) is 2. The molecule has 1 aromatic heterocycles. The Bertz CT molecular complexity index is 683. The average molecular weight is 332 g/mol. The van der Waals surface area contributed by atoms with Crippen LogP contribution in [-0.4, -0.2) is 8.42 Å². The molecule has 4 N–H and O–H groups in total. The molecule has 0 radical (unpaired) electrons. The second kappa shape index (κ2) is 6.11. The number of rotatable bonds is 5. The Balaban J connectivity index is 2.17. The van der Waals surface area contributed by atoms with Crippen molar-refractivity contribution >= 4 is 38.6 Å². The fourth-order valence-corrected chi connectivity index (χ4v) is 4.01. The molecule has 1 unspecified atom stereocenters. The van der Waals surface area contributed by atoms with Gasteiger partial charge < -0.3 is 5.43 Å². The molecule has 20 heavy (non-hydrogen) atoms. The van der Waals surface area contributed by atoms with Crippen molar-refractivity contribution in [2.24, 2.45) is 5.84 Å². The van der Waals surface area contributed by atoms with Crippen LogP contribution < -0.4 is 16.0 Å². The first-order valence-corrected chi connectivity index (χ1v) is 8.44. The smallest absolute Gasteiger partial charge is 0.241 e. The Morgan fingerprint density at radius 3 is 2.35 bits per heavy atom. The molecule has 0 aliphatic carbocycles. The number of hydrogen-bond acceptors (Lipinski definition) is 5. The van der Waals surface area contributed by atoms with Crippen LogP contribution in [0.2, 0.25) is 4.34 Å². The second-order valence-corrected chi connectivity index (χ2v) is 7.61. The number of benzene rings is 1. The van der Waals surface area contributed by atoms with Crippen molar-refractivity contribution in [2.75, 3.05) is 5.43 Å². The quantitative estimate of drug-likeness (QED) is 0.581. The summed E-state index contributed by atoms with van der Waals surface area (Å²) in [6.45, 7) is 1.77. The molecule has 0 saturated heterocycles. The average Bonchev–Trinajstić information content (AvgIpc) is 2.85. The number of thiophene rings is 1. The van der Waals surface area contributed by atoms with E-state index in [9.17, 15) is 8.42 Å². The van der Waals surface area contributed by atoms with E-state index < -0.39 is 10.0 Å². The molecule has 5 nitrogen and oxygen atoms in total. The first kappa shape index (κ1) is 15.3. The van der Waals surface area contributed by atoms with Gasteiger partial charge in [0, 0.05) is 10.6 Å². The van der Waals surface area contributed by atoms with Crippen LogP contribution in [-0.2, 0) is 10.0 Å². The highest BCUT2D eigenvalue weighted by Gasteiger charge is 2.19. The standard InChI is InChI=1S/C12H14ClN3O2S2/c1-8(11-6-7-12(13)19-11)16-20(17,18)10-4-2-9(15-14)3-5-10/h2-8,15-16H,14H2,1H3.